The van der Waals surface area contributed by atoms with Crippen molar-refractivity contribution in [2.24, 2.45) is 0 Å². The van der Waals surface area contributed by atoms with Crippen molar-refractivity contribution in [1.29, 1.82) is 0 Å². The predicted octanol–water partition coefficient (Wildman–Crippen LogP) is 1.85. The quantitative estimate of drug-likeness (QED) is 0.668. The van der Waals surface area contributed by atoms with Crippen molar-refractivity contribution < 1.29 is 13.3 Å². The molecule has 0 unspecified atom stereocenters. The van der Waals surface area contributed by atoms with E-state index < -0.39 is 0 Å². The molecule has 3 aromatic heterocycles. The van der Waals surface area contributed by atoms with Gasteiger partial charge in [-0.3, -0.25) is 4.90 Å². The van der Waals surface area contributed by atoms with Gasteiger partial charge in [-0.05, 0) is 0 Å². The number of rotatable bonds is 6. The van der Waals surface area contributed by atoms with E-state index in [1.54, 1.807) is 37.4 Å². The SMILES string of the molecule is c1coc(CN(Cc2ncco2)Cc2ncco2)n1. The van der Waals surface area contributed by atoms with E-state index in [1.165, 1.54) is 0 Å². The van der Waals surface area contributed by atoms with Gasteiger partial charge in [-0.2, -0.15) is 0 Å². The Balaban J connectivity index is 1.70. The van der Waals surface area contributed by atoms with Gasteiger partial charge < -0.3 is 13.3 Å². The molecule has 0 saturated heterocycles. The van der Waals surface area contributed by atoms with Crippen molar-refractivity contribution in [3.8, 4) is 0 Å². The number of hydrogen-bond donors (Lipinski definition) is 0. The van der Waals surface area contributed by atoms with Gasteiger partial charge in [0.05, 0.1) is 38.2 Å². The molecule has 0 aromatic carbocycles. The zero-order valence-electron chi connectivity index (χ0n) is 10.1. The first-order chi connectivity index (χ1) is 9.40. The van der Waals surface area contributed by atoms with Crippen LogP contribution in [0.25, 0.3) is 0 Å². The van der Waals surface area contributed by atoms with Crippen LogP contribution in [0.15, 0.2) is 50.6 Å². The molecule has 0 saturated carbocycles. The second-order valence-corrected chi connectivity index (χ2v) is 3.92. The van der Waals surface area contributed by atoms with Crippen LogP contribution in [0.1, 0.15) is 17.7 Å². The second kappa shape index (κ2) is 5.49. The number of hydrogen-bond acceptors (Lipinski definition) is 7. The maximum absolute atomic E-state index is 5.25. The van der Waals surface area contributed by atoms with Crippen LogP contribution < -0.4 is 0 Å². The van der Waals surface area contributed by atoms with E-state index in [0.717, 1.165) is 0 Å². The zero-order valence-corrected chi connectivity index (χ0v) is 10.1. The first-order valence-electron chi connectivity index (χ1n) is 5.77. The van der Waals surface area contributed by atoms with E-state index >= 15 is 0 Å². The van der Waals surface area contributed by atoms with Gasteiger partial charge in [0, 0.05) is 0 Å². The normalized spacial score (nSPS) is 11.2. The molecule has 0 N–H and O–H groups in total. The molecule has 7 heteroatoms. The Hall–Kier alpha value is -2.41. The summed E-state index contributed by atoms with van der Waals surface area (Å²) in [6.07, 6.45) is 9.48. The Morgan fingerprint density at radius 3 is 1.32 bits per heavy atom. The van der Waals surface area contributed by atoms with Crippen LogP contribution in [0.2, 0.25) is 0 Å². The lowest BCUT2D eigenvalue weighted by molar-refractivity contribution is 0.184. The van der Waals surface area contributed by atoms with Crippen LogP contribution in [0.3, 0.4) is 0 Å². The van der Waals surface area contributed by atoms with E-state index in [-0.39, 0.29) is 0 Å². The maximum atomic E-state index is 5.25. The fraction of sp³-hybridized carbons (Fsp3) is 0.250. The summed E-state index contributed by atoms with van der Waals surface area (Å²) in [5, 5.41) is 0. The standard InChI is InChI=1S/C12H12N4O3/c1-4-17-10(13-1)7-16(8-11-14-2-5-18-11)9-12-15-3-6-19-12/h1-6H,7-9H2. The molecule has 0 aliphatic rings. The molecule has 19 heavy (non-hydrogen) atoms. The predicted molar refractivity (Wildman–Crippen MR) is 62.5 cm³/mol. The van der Waals surface area contributed by atoms with Crippen LogP contribution in [0.5, 0.6) is 0 Å². The summed E-state index contributed by atoms with van der Waals surface area (Å²) in [6.45, 7) is 1.58. The van der Waals surface area contributed by atoms with E-state index in [9.17, 15) is 0 Å². The van der Waals surface area contributed by atoms with E-state index in [4.69, 9.17) is 13.3 Å². The minimum atomic E-state index is 0.526. The van der Waals surface area contributed by atoms with Gasteiger partial charge in [-0.25, -0.2) is 15.0 Å². The second-order valence-electron chi connectivity index (χ2n) is 3.92. The summed E-state index contributed by atoms with van der Waals surface area (Å²) in [5.41, 5.74) is 0. The largest absolute Gasteiger partial charge is 0.448 e. The smallest absolute Gasteiger partial charge is 0.208 e. The van der Waals surface area contributed by atoms with Crippen molar-refractivity contribution in [2.75, 3.05) is 0 Å². The van der Waals surface area contributed by atoms with Crippen molar-refractivity contribution in [2.45, 2.75) is 19.6 Å². The summed E-state index contributed by atoms with van der Waals surface area (Å²) in [7, 11) is 0. The number of nitrogens with zero attached hydrogens (tertiary/aromatic N) is 4. The van der Waals surface area contributed by atoms with E-state index in [2.05, 4.69) is 15.0 Å². The summed E-state index contributed by atoms with van der Waals surface area (Å²) >= 11 is 0. The van der Waals surface area contributed by atoms with Gasteiger partial charge >= 0.3 is 0 Å². The van der Waals surface area contributed by atoms with E-state index in [1.807, 2.05) is 4.90 Å². The van der Waals surface area contributed by atoms with Crippen LogP contribution in [0.4, 0.5) is 0 Å². The minimum Gasteiger partial charge on any atom is -0.448 e. The first kappa shape index (κ1) is 11.7. The van der Waals surface area contributed by atoms with E-state index in [0.29, 0.717) is 37.3 Å². The van der Waals surface area contributed by atoms with Gasteiger partial charge in [0.1, 0.15) is 18.8 Å². The van der Waals surface area contributed by atoms with Gasteiger partial charge in [0.15, 0.2) is 0 Å². The van der Waals surface area contributed by atoms with Crippen molar-refractivity contribution in [3.05, 3.63) is 55.1 Å². The topological polar surface area (TPSA) is 81.3 Å². The Bertz CT molecular complexity index is 488. The van der Waals surface area contributed by atoms with Crippen LogP contribution in [0, 0.1) is 0 Å². The minimum absolute atomic E-state index is 0.526. The molecule has 0 aliphatic heterocycles. The molecule has 3 rings (SSSR count). The summed E-state index contributed by atoms with van der Waals surface area (Å²) in [5.74, 6) is 1.87. The van der Waals surface area contributed by atoms with Gasteiger partial charge in [-0.15, -0.1) is 0 Å². The summed E-state index contributed by atoms with van der Waals surface area (Å²) < 4.78 is 15.7. The molecule has 98 valence electrons. The lowest BCUT2D eigenvalue weighted by atomic mass is 10.4. The third-order valence-corrected chi connectivity index (χ3v) is 2.53. The Labute approximate surface area is 108 Å². The zero-order chi connectivity index (χ0) is 12.9. The molecule has 0 bridgehead atoms. The Morgan fingerprint density at radius 2 is 1.05 bits per heavy atom. The third kappa shape index (κ3) is 3.08. The first-order valence-corrected chi connectivity index (χ1v) is 5.77. The molecule has 0 spiro atoms. The van der Waals surface area contributed by atoms with Crippen LogP contribution in [-0.2, 0) is 19.6 Å². The van der Waals surface area contributed by atoms with Gasteiger partial charge in [-0.1, -0.05) is 0 Å². The lowest BCUT2D eigenvalue weighted by Crippen LogP contribution is -2.23. The molecule has 3 aromatic rings. The average molecular weight is 260 g/mol. The molecule has 3 heterocycles. The Kier molecular flexibility index (Phi) is 3.37. The molecule has 0 aliphatic carbocycles. The van der Waals surface area contributed by atoms with Crippen molar-refractivity contribution >= 4 is 0 Å². The third-order valence-electron chi connectivity index (χ3n) is 2.53. The number of aromatic nitrogens is 3. The molecular formula is C12H12N4O3. The monoisotopic (exact) mass is 260 g/mol. The Morgan fingerprint density at radius 1 is 0.684 bits per heavy atom. The highest BCUT2D eigenvalue weighted by molar-refractivity contribution is 4.87. The molecule has 7 nitrogen and oxygen atoms in total. The molecule has 0 amide bonds. The fourth-order valence-corrected chi connectivity index (χ4v) is 1.73. The van der Waals surface area contributed by atoms with Crippen molar-refractivity contribution in [1.82, 2.24) is 19.9 Å². The average Bonchev–Trinajstić information content (AvgIpc) is 3.10. The van der Waals surface area contributed by atoms with Gasteiger partial charge in [0.25, 0.3) is 0 Å². The van der Waals surface area contributed by atoms with Crippen LogP contribution in [-0.4, -0.2) is 19.9 Å². The van der Waals surface area contributed by atoms with Gasteiger partial charge in [0.2, 0.25) is 17.7 Å². The van der Waals surface area contributed by atoms with Crippen molar-refractivity contribution in [3.63, 3.8) is 0 Å². The lowest BCUT2D eigenvalue weighted by Gasteiger charge is -2.16. The summed E-state index contributed by atoms with van der Waals surface area (Å²) in [6, 6.07) is 0. The molecular weight excluding hydrogens is 248 g/mol. The number of oxazole rings is 3. The molecule has 0 fully saturated rings. The highest BCUT2D eigenvalue weighted by Gasteiger charge is 2.14. The molecule has 0 atom stereocenters. The summed E-state index contributed by atoms with van der Waals surface area (Å²) in [4.78, 5) is 14.3. The van der Waals surface area contributed by atoms with Crippen LogP contribution >= 0.6 is 0 Å². The highest BCUT2D eigenvalue weighted by Crippen LogP contribution is 2.11. The maximum Gasteiger partial charge on any atom is 0.208 e. The highest BCUT2D eigenvalue weighted by atomic mass is 16.3. The fourth-order valence-electron chi connectivity index (χ4n) is 1.73. The molecule has 0 radical (unpaired) electrons.